The predicted molar refractivity (Wildman–Crippen MR) is 95.2 cm³/mol. The maximum atomic E-state index is 12.4. The van der Waals surface area contributed by atoms with Crippen LogP contribution >= 0.6 is 0 Å². The molecule has 2 N–H and O–H groups in total. The van der Waals surface area contributed by atoms with Crippen LogP contribution in [0, 0.1) is 5.41 Å². The number of rotatable bonds is 1. The van der Waals surface area contributed by atoms with Gasteiger partial charge in [-0.15, -0.1) is 0 Å². The summed E-state index contributed by atoms with van der Waals surface area (Å²) in [5.74, 6) is -1.38. The second-order valence-electron chi connectivity index (χ2n) is 8.31. The molecule has 4 atom stereocenters. The van der Waals surface area contributed by atoms with E-state index in [1.54, 1.807) is 18.2 Å². The fraction of sp³-hybridized carbons (Fsp3) is 0.474. The molecule has 4 unspecified atom stereocenters. The number of aliphatic hydroxyl groups is 1. The molecule has 2 spiro atoms. The summed E-state index contributed by atoms with van der Waals surface area (Å²) >= 11 is 0. The number of hydrogen-bond donors (Lipinski definition) is 2. The van der Waals surface area contributed by atoms with Crippen LogP contribution in [-0.4, -0.2) is 52.3 Å². The number of phenolic OH excluding ortho intramolecular Hbond substituents is 1. The van der Waals surface area contributed by atoms with Crippen molar-refractivity contribution in [3.05, 3.63) is 51.4 Å². The monoisotopic (exact) mass is 382 g/mol. The quantitative estimate of drug-likeness (QED) is 0.429. The number of amides is 1. The first-order chi connectivity index (χ1) is 13.3. The molecule has 28 heavy (non-hydrogen) atoms. The van der Waals surface area contributed by atoms with Crippen molar-refractivity contribution < 1.29 is 24.6 Å². The van der Waals surface area contributed by atoms with Gasteiger partial charge in [0, 0.05) is 34.8 Å². The molecule has 3 aliphatic carbocycles. The Labute approximate surface area is 159 Å². The topological polar surface area (TPSA) is 136 Å². The highest BCUT2D eigenvalue weighted by atomic mass is 16.7. The van der Waals surface area contributed by atoms with Crippen molar-refractivity contribution in [1.29, 1.82) is 0 Å². The van der Waals surface area contributed by atoms with Gasteiger partial charge in [0.05, 0.1) is 18.2 Å². The molecule has 5 rings (SSSR count). The standard InChI is InChI=1S/C19H18N4O5/c1-23-16-17(9-28-23)6-10-2-3-12(15(26)21-22-20)14(25)13(10)18(8-17)7-11(24)4-5-19(16,18)27/h2-5,16,25,27H,6-9H2,1H3. The molecule has 1 saturated carbocycles. The molecule has 1 amide bonds. The number of allylic oxidation sites excluding steroid dienone is 1. The van der Waals surface area contributed by atoms with E-state index < -0.39 is 28.4 Å². The van der Waals surface area contributed by atoms with Gasteiger partial charge in [0.2, 0.25) is 0 Å². The van der Waals surface area contributed by atoms with Crippen molar-refractivity contribution >= 4 is 11.7 Å². The number of nitrogens with zero attached hydrogens (tertiary/aromatic N) is 4. The van der Waals surface area contributed by atoms with Crippen molar-refractivity contribution in [3.8, 4) is 5.75 Å². The molecule has 0 aromatic heterocycles. The largest absolute Gasteiger partial charge is 0.507 e. The predicted octanol–water partition coefficient (Wildman–Crippen LogP) is 1.53. The third-order valence-corrected chi connectivity index (χ3v) is 6.99. The van der Waals surface area contributed by atoms with Gasteiger partial charge >= 0.3 is 0 Å². The van der Waals surface area contributed by atoms with Crippen molar-refractivity contribution in [2.24, 2.45) is 10.5 Å². The Balaban J connectivity index is 1.82. The lowest BCUT2D eigenvalue weighted by molar-refractivity contribution is -0.160. The highest BCUT2D eigenvalue weighted by Crippen LogP contribution is 2.69. The number of azide groups is 1. The summed E-state index contributed by atoms with van der Waals surface area (Å²) in [5, 5.41) is 27.6. The van der Waals surface area contributed by atoms with E-state index in [4.69, 9.17) is 10.4 Å². The number of ketones is 1. The Kier molecular flexibility index (Phi) is 3.24. The first-order valence-electron chi connectivity index (χ1n) is 9.03. The third-order valence-electron chi connectivity index (χ3n) is 6.99. The maximum absolute atomic E-state index is 12.4. The van der Waals surface area contributed by atoms with Gasteiger partial charge in [0.15, 0.2) is 5.78 Å². The van der Waals surface area contributed by atoms with Gasteiger partial charge in [0.1, 0.15) is 11.4 Å². The second-order valence-corrected chi connectivity index (χ2v) is 8.31. The van der Waals surface area contributed by atoms with Crippen LogP contribution in [-0.2, 0) is 21.5 Å². The number of aromatic hydroxyl groups is 1. The van der Waals surface area contributed by atoms with Gasteiger partial charge in [-0.3, -0.25) is 14.4 Å². The minimum Gasteiger partial charge on any atom is -0.507 e. The minimum atomic E-state index is -1.45. The first kappa shape index (κ1) is 17.4. The zero-order chi connectivity index (χ0) is 19.9. The van der Waals surface area contributed by atoms with Crippen molar-refractivity contribution in [1.82, 2.24) is 5.06 Å². The van der Waals surface area contributed by atoms with E-state index in [0.717, 1.165) is 5.56 Å². The molecule has 1 aliphatic heterocycles. The Morgan fingerprint density at radius 3 is 2.96 bits per heavy atom. The molecule has 1 saturated heterocycles. The van der Waals surface area contributed by atoms with Gasteiger partial charge in [-0.2, -0.15) is 5.06 Å². The van der Waals surface area contributed by atoms with Gasteiger partial charge in [-0.25, -0.2) is 0 Å². The number of fused-ring (bicyclic) bond motifs is 2. The van der Waals surface area contributed by atoms with Crippen LogP contribution in [0.25, 0.3) is 10.4 Å². The fourth-order valence-electron chi connectivity index (χ4n) is 6.24. The Bertz CT molecular complexity index is 1030. The SMILES string of the molecule is CN1OCC23Cc4ccc(C(=O)N=[N+]=[N-])c(O)c4C4(CC(=O)C=CC4(O)C12)C3. The van der Waals surface area contributed by atoms with Crippen LogP contribution in [0.5, 0.6) is 5.75 Å². The van der Waals surface area contributed by atoms with Gasteiger partial charge in [-0.05, 0) is 47.3 Å². The summed E-state index contributed by atoms with van der Waals surface area (Å²) in [6.07, 6.45) is 3.91. The van der Waals surface area contributed by atoms with Crippen LogP contribution in [0.15, 0.2) is 29.4 Å². The lowest BCUT2D eigenvalue weighted by Crippen LogP contribution is -2.58. The van der Waals surface area contributed by atoms with Crippen LogP contribution in [0.2, 0.25) is 0 Å². The van der Waals surface area contributed by atoms with E-state index in [-0.39, 0.29) is 23.5 Å². The molecular weight excluding hydrogens is 364 g/mol. The number of carbonyl (C=O) groups is 2. The van der Waals surface area contributed by atoms with Crippen LogP contribution in [0.4, 0.5) is 0 Å². The van der Waals surface area contributed by atoms with E-state index >= 15 is 0 Å². The maximum Gasteiger partial charge on any atom is 0.252 e. The van der Waals surface area contributed by atoms with E-state index in [1.807, 2.05) is 0 Å². The Morgan fingerprint density at radius 1 is 1.43 bits per heavy atom. The number of benzene rings is 1. The zero-order valence-electron chi connectivity index (χ0n) is 15.1. The average Bonchev–Trinajstić information content (AvgIpc) is 3.02. The third kappa shape index (κ3) is 1.80. The summed E-state index contributed by atoms with van der Waals surface area (Å²) in [6.45, 7) is 0.403. The molecule has 0 radical (unpaired) electrons. The van der Waals surface area contributed by atoms with Crippen LogP contribution < -0.4 is 0 Å². The average molecular weight is 382 g/mol. The van der Waals surface area contributed by atoms with E-state index in [1.165, 1.54) is 18.2 Å². The Hall–Kier alpha value is -2.71. The van der Waals surface area contributed by atoms with Gasteiger partial charge in [-0.1, -0.05) is 6.07 Å². The fourth-order valence-corrected chi connectivity index (χ4v) is 6.24. The number of phenols is 1. The summed E-state index contributed by atoms with van der Waals surface area (Å²) < 4.78 is 0. The van der Waals surface area contributed by atoms with Crippen molar-refractivity contribution in [3.63, 3.8) is 0 Å². The molecule has 4 aliphatic rings. The van der Waals surface area contributed by atoms with Crippen LogP contribution in [0.3, 0.4) is 0 Å². The molecule has 9 heteroatoms. The molecule has 2 bridgehead atoms. The summed E-state index contributed by atoms with van der Waals surface area (Å²) in [6, 6.07) is 2.74. The summed E-state index contributed by atoms with van der Waals surface area (Å²) in [4.78, 5) is 32.8. The van der Waals surface area contributed by atoms with Crippen LogP contribution in [0.1, 0.15) is 34.3 Å². The molecular formula is C19H18N4O5. The van der Waals surface area contributed by atoms with Gasteiger partial charge in [0.25, 0.3) is 5.91 Å². The highest BCUT2D eigenvalue weighted by molar-refractivity contribution is 5.99. The van der Waals surface area contributed by atoms with E-state index in [9.17, 15) is 19.8 Å². The molecule has 1 heterocycles. The zero-order valence-corrected chi connectivity index (χ0v) is 15.1. The molecule has 2 fully saturated rings. The number of likely N-dealkylation sites (N-methyl/N-ethyl adjacent to an activating group) is 1. The molecule has 1 aromatic rings. The number of carbonyl (C=O) groups excluding carboxylic acids is 2. The number of hydrogen-bond acceptors (Lipinski definition) is 6. The smallest absolute Gasteiger partial charge is 0.252 e. The van der Waals surface area contributed by atoms with E-state index in [2.05, 4.69) is 10.0 Å². The Morgan fingerprint density at radius 2 is 2.21 bits per heavy atom. The van der Waals surface area contributed by atoms with Crippen molar-refractivity contribution in [2.75, 3.05) is 13.7 Å². The highest BCUT2D eigenvalue weighted by Gasteiger charge is 2.76. The second kappa shape index (κ2) is 5.21. The summed E-state index contributed by atoms with van der Waals surface area (Å²) in [5.41, 5.74) is 6.68. The molecule has 1 aromatic carbocycles. The first-order valence-corrected chi connectivity index (χ1v) is 9.03. The lowest BCUT2D eigenvalue weighted by atomic mass is 9.59. The van der Waals surface area contributed by atoms with Gasteiger partial charge < -0.3 is 10.2 Å². The van der Waals surface area contributed by atoms with E-state index in [0.29, 0.717) is 25.0 Å². The normalized spacial score (nSPS) is 37.8. The molecule has 144 valence electrons. The lowest BCUT2D eigenvalue weighted by Gasteiger charge is -2.47. The molecule has 9 nitrogen and oxygen atoms in total. The minimum absolute atomic E-state index is 0.0197. The number of hydroxylamine groups is 2. The van der Waals surface area contributed by atoms with Crippen molar-refractivity contribution in [2.45, 2.75) is 36.3 Å². The summed E-state index contributed by atoms with van der Waals surface area (Å²) in [7, 11) is 1.76.